The Morgan fingerprint density at radius 2 is 2.32 bits per heavy atom. The van der Waals surface area contributed by atoms with Crippen LogP contribution in [0.3, 0.4) is 0 Å². The minimum atomic E-state index is 0.249. The monoisotopic (exact) mass is 258 g/mol. The summed E-state index contributed by atoms with van der Waals surface area (Å²) in [5, 5.41) is 3.44. The molecule has 5 heteroatoms. The van der Waals surface area contributed by atoms with Gasteiger partial charge >= 0.3 is 0 Å². The highest BCUT2D eigenvalue weighted by molar-refractivity contribution is 5.84. The highest BCUT2D eigenvalue weighted by atomic mass is 16.1. The fourth-order valence-corrected chi connectivity index (χ4v) is 2.62. The van der Waals surface area contributed by atoms with Crippen molar-refractivity contribution >= 4 is 17.5 Å². The molecule has 3 heterocycles. The highest BCUT2D eigenvalue weighted by Crippen LogP contribution is 2.26. The zero-order valence-corrected chi connectivity index (χ0v) is 11.3. The summed E-state index contributed by atoms with van der Waals surface area (Å²) in [6.45, 7) is 1.02. The van der Waals surface area contributed by atoms with E-state index in [1.807, 2.05) is 41.7 Å². The lowest BCUT2D eigenvalue weighted by molar-refractivity contribution is 0.112. The molecule has 2 aromatic rings. The third kappa shape index (κ3) is 2.00. The summed E-state index contributed by atoms with van der Waals surface area (Å²) in [4.78, 5) is 17.7. The maximum atomic E-state index is 11.2. The van der Waals surface area contributed by atoms with Crippen molar-refractivity contribution in [1.29, 1.82) is 0 Å². The number of nitrogens with zero attached hydrogens (tertiary/aromatic N) is 3. The molecule has 0 aliphatic carbocycles. The molecule has 0 spiro atoms. The van der Waals surface area contributed by atoms with Crippen LogP contribution in [0.25, 0.3) is 5.52 Å². The summed E-state index contributed by atoms with van der Waals surface area (Å²) in [7, 11) is 4.01. The molecular weight excluding hydrogens is 240 g/mol. The number of pyridine rings is 1. The van der Waals surface area contributed by atoms with Crippen LogP contribution in [0.1, 0.15) is 35.2 Å². The van der Waals surface area contributed by atoms with Crippen LogP contribution in [-0.4, -0.2) is 36.3 Å². The first-order valence-electron chi connectivity index (χ1n) is 6.58. The lowest BCUT2D eigenvalue weighted by Gasteiger charge is -2.14. The third-order valence-electron chi connectivity index (χ3n) is 3.68. The Labute approximate surface area is 112 Å². The average Bonchev–Trinajstić information content (AvgIpc) is 3.04. The first kappa shape index (κ1) is 12.2. The van der Waals surface area contributed by atoms with Gasteiger partial charge in [-0.3, -0.25) is 9.20 Å². The Bertz CT molecular complexity index is 611. The topological polar surface area (TPSA) is 49.6 Å². The van der Waals surface area contributed by atoms with Crippen molar-refractivity contribution in [2.24, 2.45) is 0 Å². The van der Waals surface area contributed by atoms with Crippen molar-refractivity contribution in [3.63, 3.8) is 0 Å². The maximum Gasteiger partial charge on any atom is 0.170 e. The number of aromatic nitrogens is 2. The quantitative estimate of drug-likeness (QED) is 0.850. The Hall–Kier alpha value is -1.88. The first-order valence-corrected chi connectivity index (χ1v) is 6.58. The maximum absolute atomic E-state index is 11.2. The fourth-order valence-electron chi connectivity index (χ4n) is 2.62. The number of carbonyl (C=O) groups excluding carboxylic acids is 1. The van der Waals surface area contributed by atoms with Crippen molar-refractivity contribution in [2.75, 3.05) is 25.5 Å². The Balaban J connectivity index is 2.18. The summed E-state index contributed by atoms with van der Waals surface area (Å²) in [5.74, 6) is 0.943. The Kier molecular flexibility index (Phi) is 2.98. The Morgan fingerprint density at radius 3 is 2.95 bits per heavy atom. The van der Waals surface area contributed by atoms with E-state index in [1.165, 1.54) is 0 Å². The predicted molar refractivity (Wildman–Crippen MR) is 74.9 cm³/mol. The smallest absolute Gasteiger partial charge is 0.170 e. The molecule has 1 N–H and O–H groups in total. The lowest BCUT2D eigenvalue weighted by Crippen LogP contribution is -2.16. The second-order valence-electron chi connectivity index (χ2n) is 5.16. The molecule has 3 rings (SSSR count). The summed E-state index contributed by atoms with van der Waals surface area (Å²) >= 11 is 0. The molecule has 0 saturated carbocycles. The van der Waals surface area contributed by atoms with Gasteiger partial charge in [0, 0.05) is 20.3 Å². The van der Waals surface area contributed by atoms with Gasteiger partial charge in [-0.05, 0) is 31.5 Å². The predicted octanol–water partition coefficient (Wildman–Crippen LogP) is 1.64. The molecular formula is C14H18N4O. The van der Waals surface area contributed by atoms with Crippen molar-refractivity contribution < 1.29 is 4.79 Å². The van der Waals surface area contributed by atoms with Crippen LogP contribution < -0.4 is 10.2 Å². The zero-order valence-electron chi connectivity index (χ0n) is 11.3. The fraction of sp³-hybridized carbons (Fsp3) is 0.429. The molecule has 0 aromatic carbocycles. The lowest BCUT2D eigenvalue weighted by atomic mass is 10.2. The van der Waals surface area contributed by atoms with Gasteiger partial charge in [0.15, 0.2) is 6.29 Å². The van der Waals surface area contributed by atoms with Crippen LogP contribution in [-0.2, 0) is 0 Å². The van der Waals surface area contributed by atoms with E-state index < -0.39 is 0 Å². The van der Waals surface area contributed by atoms with Crippen LogP contribution in [0.2, 0.25) is 0 Å². The van der Waals surface area contributed by atoms with E-state index in [0.29, 0.717) is 5.69 Å². The minimum Gasteiger partial charge on any atom is -0.376 e. The summed E-state index contributed by atoms with van der Waals surface area (Å²) in [5.41, 5.74) is 2.50. The second kappa shape index (κ2) is 4.66. The number of imidazole rings is 1. The number of nitrogens with one attached hydrogen (secondary N) is 1. The molecule has 1 fully saturated rings. The highest BCUT2D eigenvalue weighted by Gasteiger charge is 2.22. The molecule has 5 nitrogen and oxygen atoms in total. The van der Waals surface area contributed by atoms with Gasteiger partial charge in [-0.1, -0.05) is 0 Å². The SMILES string of the molecule is CN(C)c1ccc2c(C=O)nc(C3CCCN3)n2c1. The molecule has 0 bridgehead atoms. The number of rotatable bonds is 3. The summed E-state index contributed by atoms with van der Waals surface area (Å²) in [6, 6.07) is 4.22. The van der Waals surface area contributed by atoms with Crippen molar-refractivity contribution in [1.82, 2.24) is 14.7 Å². The van der Waals surface area contributed by atoms with Crippen LogP contribution >= 0.6 is 0 Å². The molecule has 2 aromatic heterocycles. The third-order valence-corrected chi connectivity index (χ3v) is 3.68. The molecule has 1 atom stereocenters. The van der Waals surface area contributed by atoms with Crippen LogP contribution in [0.4, 0.5) is 5.69 Å². The van der Waals surface area contributed by atoms with Crippen molar-refractivity contribution in [2.45, 2.75) is 18.9 Å². The van der Waals surface area contributed by atoms with Crippen LogP contribution in [0.5, 0.6) is 0 Å². The van der Waals surface area contributed by atoms with E-state index in [0.717, 1.165) is 42.7 Å². The van der Waals surface area contributed by atoms with E-state index in [2.05, 4.69) is 10.3 Å². The van der Waals surface area contributed by atoms with Crippen molar-refractivity contribution in [3.05, 3.63) is 29.8 Å². The number of aldehydes is 1. The van der Waals surface area contributed by atoms with Crippen LogP contribution in [0.15, 0.2) is 18.3 Å². The normalized spacial score (nSPS) is 18.9. The number of anilines is 1. The second-order valence-corrected chi connectivity index (χ2v) is 5.16. The van der Waals surface area contributed by atoms with Gasteiger partial charge in [0.2, 0.25) is 0 Å². The Morgan fingerprint density at radius 1 is 1.47 bits per heavy atom. The molecule has 1 aliphatic rings. The number of hydrogen-bond donors (Lipinski definition) is 1. The molecule has 1 unspecified atom stereocenters. The number of fused-ring (bicyclic) bond motifs is 1. The molecule has 1 saturated heterocycles. The minimum absolute atomic E-state index is 0.249. The molecule has 1 aliphatic heterocycles. The van der Waals surface area contributed by atoms with Gasteiger partial charge in [-0.2, -0.15) is 0 Å². The van der Waals surface area contributed by atoms with Gasteiger partial charge in [0.1, 0.15) is 11.5 Å². The van der Waals surface area contributed by atoms with E-state index >= 15 is 0 Å². The standard InChI is InChI=1S/C14H18N4O/c1-17(2)10-5-6-13-12(9-19)16-14(18(13)8-10)11-4-3-7-15-11/h5-6,8-9,11,15H,3-4,7H2,1-2H3. The van der Waals surface area contributed by atoms with Crippen molar-refractivity contribution in [3.8, 4) is 0 Å². The van der Waals surface area contributed by atoms with Gasteiger partial charge in [0.05, 0.1) is 17.2 Å². The van der Waals surface area contributed by atoms with Crippen LogP contribution in [0, 0.1) is 0 Å². The molecule has 100 valence electrons. The molecule has 0 radical (unpaired) electrons. The van der Waals surface area contributed by atoms with E-state index in [4.69, 9.17) is 0 Å². The first-order chi connectivity index (χ1) is 9.20. The van der Waals surface area contributed by atoms with Gasteiger partial charge < -0.3 is 10.2 Å². The van der Waals surface area contributed by atoms with Gasteiger partial charge in [-0.15, -0.1) is 0 Å². The molecule has 19 heavy (non-hydrogen) atoms. The van der Waals surface area contributed by atoms with E-state index in [-0.39, 0.29) is 6.04 Å². The zero-order chi connectivity index (χ0) is 13.4. The van der Waals surface area contributed by atoms with Gasteiger partial charge in [-0.25, -0.2) is 4.98 Å². The summed E-state index contributed by atoms with van der Waals surface area (Å²) in [6.07, 6.45) is 5.11. The largest absolute Gasteiger partial charge is 0.376 e. The van der Waals surface area contributed by atoms with Gasteiger partial charge in [0.25, 0.3) is 0 Å². The molecule has 0 amide bonds. The average molecular weight is 258 g/mol. The van der Waals surface area contributed by atoms with E-state index in [1.54, 1.807) is 0 Å². The number of hydrogen-bond acceptors (Lipinski definition) is 4. The number of carbonyl (C=O) groups is 1. The van der Waals surface area contributed by atoms with E-state index in [9.17, 15) is 4.79 Å². The summed E-state index contributed by atoms with van der Waals surface area (Å²) < 4.78 is 2.04.